The van der Waals surface area contributed by atoms with Crippen molar-refractivity contribution in [3.05, 3.63) is 48.2 Å². The first-order valence-corrected chi connectivity index (χ1v) is 9.02. The predicted octanol–water partition coefficient (Wildman–Crippen LogP) is 1.61. The van der Waals surface area contributed by atoms with Crippen molar-refractivity contribution in [2.45, 2.75) is 25.8 Å². The molecule has 2 aromatic rings. The molecule has 1 fully saturated rings. The molecule has 0 bridgehead atoms. The molecule has 1 aliphatic heterocycles. The lowest BCUT2D eigenvalue weighted by atomic mass is 10.1. The molecule has 3 rings (SSSR count). The summed E-state index contributed by atoms with van der Waals surface area (Å²) in [5, 5.41) is 14.1. The molecule has 9 nitrogen and oxygen atoms in total. The molecule has 2 heterocycles. The van der Waals surface area contributed by atoms with Crippen LogP contribution in [0.15, 0.2) is 36.9 Å². The lowest BCUT2D eigenvalue weighted by Gasteiger charge is -2.32. The number of carbonyl (C=O) groups excluding carboxylic acids is 2. The third-order valence-corrected chi connectivity index (χ3v) is 4.48. The third-order valence-electron chi connectivity index (χ3n) is 4.48. The van der Waals surface area contributed by atoms with E-state index in [1.807, 2.05) is 31.2 Å². The molecule has 9 heteroatoms. The van der Waals surface area contributed by atoms with E-state index in [4.69, 9.17) is 5.73 Å². The van der Waals surface area contributed by atoms with Crippen LogP contribution in [0.2, 0.25) is 0 Å². The van der Waals surface area contributed by atoms with E-state index in [0.29, 0.717) is 13.1 Å². The van der Waals surface area contributed by atoms with Crippen molar-refractivity contribution in [2.75, 3.05) is 23.7 Å². The number of piperidine rings is 1. The highest BCUT2D eigenvalue weighted by atomic mass is 16.2. The summed E-state index contributed by atoms with van der Waals surface area (Å²) in [6, 6.07) is 7.59. The second-order valence-electron chi connectivity index (χ2n) is 6.66. The van der Waals surface area contributed by atoms with Crippen LogP contribution in [0.5, 0.6) is 0 Å². The molecule has 28 heavy (non-hydrogen) atoms. The number of aryl methyl sites for hydroxylation is 1. The van der Waals surface area contributed by atoms with Gasteiger partial charge in [-0.15, -0.1) is 10.2 Å². The first kappa shape index (κ1) is 19.3. The molecule has 4 N–H and O–H groups in total. The monoisotopic (exact) mass is 381 g/mol. The first-order valence-electron chi connectivity index (χ1n) is 9.02. The van der Waals surface area contributed by atoms with Crippen molar-refractivity contribution < 1.29 is 9.59 Å². The number of hydrogen-bond acceptors (Lipinski definition) is 7. The zero-order valence-corrected chi connectivity index (χ0v) is 15.7. The van der Waals surface area contributed by atoms with E-state index >= 15 is 0 Å². The topological polar surface area (TPSA) is 126 Å². The predicted molar refractivity (Wildman–Crippen MR) is 106 cm³/mol. The van der Waals surface area contributed by atoms with Crippen molar-refractivity contribution in [2.24, 2.45) is 5.73 Å². The maximum absolute atomic E-state index is 11.8. The van der Waals surface area contributed by atoms with Crippen LogP contribution in [-0.4, -0.2) is 51.0 Å². The van der Waals surface area contributed by atoms with Crippen LogP contribution in [0.4, 0.5) is 17.5 Å². The number of aromatic nitrogens is 3. The Kier molecular flexibility index (Phi) is 5.83. The molecule has 1 aromatic heterocycles. The smallest absolute Gasteiger partial charge is 0.273 e. The summed E-state index contributed by atoms with van der Waals surface area (Å²) < 4.78 is 0. The molecule has 1 aliphatic rings. The molecule has 146 valence electrons. The van der Waals surface area contributed by atoms with Crippen molar-refractivity contribution in [1.29, 1.82) is 0 Å². The number of rotatable bonds is 6. The van der Waals surface area contributed by atoms with Crippen molar-refractivity contribution >= 4 is 29.3 Å². The Hall–Kier alpha value is -3.49. The van der Waals surface area contributed by atoms with Crippen LogP contribution in [0.25, 0.3) is 0 Å². The number of anilines is 3. The van der Waals surface area contributed by atoms with Crippen LogP contribution in [0.1, 0.15) is 28.9 Å². The van der Waals surface area contributed by atoms with Crippen LogP contribution in [-0.2, 0) is 4.79 Å². The highest BCUT2D eigenvalue weighted by Crippen LogP contribution is 2.20. The van der Waals surface area contributed by atoms with Crippen LogP contribution >= 0.6 is 0 Å². The molecule has 0 radical (unpaired) electrons. The highest BCUT2D eigenvalue weighted by Gasteiger charge is 2.23. The van der Waals surface area contributed by atoms with E-state index in [1.54, 1.807) is 4.90 Å². The van der Waals surface area contributed by atoms with Gasteiger partial charge in [-0.1, -0.05) is 24.3 Å². The Morgan fingerprint density at radius 2 is 2.04 bits per heavy atom. The van der Waals surface area contributed by atoms with Crippen LogP contribution in [0, 0.1) is 6.92 Å². The fourth-order valence-corrected chi connectivity index (χ4v) is 3.02. The van der Waals surface area contributed by atoms with Gasteiger partial charge in [0.15, 0.2) is 11.5 Å². The van der Waals surface area contributed by atoms with Crippen LogP contribution < -0.4 is 16.4 Å². The van der Waals surface area contributed by atoms with E-state index < -0.39 is 5.91 Å². The van der Waals surface area contributed by atoms with Gasteiger partial charge in [0.25, 0.3) is 5.91 Å². The van der Waals surface area contributed by atoms with Gasteiger partial charge >= 0.3 is 0 Å². The summed E-state index contributed by atoms with van der Waals surface area (Å²) in [4.78, 5) is 29.6. The number of nitrogens with one attached hydrogen (secondary N) is 2. The number of likely N-dealkylation sites (tertiary alicyclic amines) is 1. The number of primary amides is 1. The van der Waals surface area contributed by atoms with Crippen molar-refractivity contribution in [1.82, 2.24) is 20.1 Å². The Labute approximate surface area is 163 Å². The van der Waals surface area contributed by atoms with Gasteiger partial charge in [0.05, 0.1) is 0 Å². The largest absolute Gasteiger partial charge is 0.364 e. The minimum Gasteiger partial charge on any atom is -0.364 e. The lowest BCUT2D eigenvalue weighted by Crippen LogP contribution is -2.44. The zero-order valence-electron chi connectivity index (χ0n) is 15.7. The van der Waals surface area contributed by atoms with Gasteiger partial charge in [0, 0.05) is 24.8 Å². The number of hydrogen-bond donors (Lipinski definition) is 3. The molecule has 0 aliphatic carbocycles. The van der Waals surface area contributed by atoms with Gasteiger partial charge in [-0.2, -0.15) is 4.98 Å². The summed E-state index contributed by atoms with van der Waals surface area (Å²) in [6.07, 6.45) is 3.03. The molecule has 0 unspecified atom stereocenters. The SMILES string of the molecule is C=CC(=O)N1CCC[C@@H](Nc2nnc(C(N)=O)c(Nc3ccc(C)cc3)n2)C1. The van der Waals surface area contributed by atoms with E-state index in [1.165, 1.54) is 6.08 Å². The first-order chi connectivity index (χ1) is 13.5. The molecular formula is C19H23N7O2. The Bertz CT molecular complexity index is 882. The molecule has 1 saturated heterocycles. The molecular weight excluding hydrogens is 358 g/mol. The normalized spacial score (nSPS) is 16.3. The van der Waals surface area contributed by atoms with Crippen LogP contribution in [0.3, 0.4) is 0 Å². The summed E-state index contributed by atoms with van der Waals surface area (Å²) in [6.45, 7) is 6.73. The average molecular weight is 381 g/mol. The number of nitrogens with two attached hydrogens (primary N) is 1. The fraction of sp³-hybridized carbons (Fsp3) is 0.316. The fourth-order valence-electron chi connectivity index (χ4n) is 3.02. The summed E-state index contributed by atoms with van der Waals surface area (Å²) >= 11 is 0. The summed E-state index contributed by atoms with van der Waals surface area (Å²) in [7, 11) is 0. The number of benzene rings is 1. The van der Waals surface area contributed by atoms with Gasteiger partial charge in [0.1, 0.15) is 0 Å². The van der Waals surface area contributed by atoms with E-state index in [9.17, 15) is 9.59 Å². The second-order valence-corrected chi connectivity index (χ2v) is 6.66. The van der Waals surface area contributed by atoms with E-state index in [-0.39, 0.29) is 29.4 Å². The Morgan fingerprint density at radius 1 is 1.29 bits per heavy atom. The second kappa shape index (κ2) is 8.47. The standard InChI is InChI=1S/C19H23N7O2/c1-3-15(27)26-10-4-5-14(11-26)22-19-23-18(16(17(20)28)24-25-19)21-13-8-6-12(2)7-9-13/h3,6-9,14H,1,4-5,10-11H2,2H3,(H2,20,28)(H2,21,22,23,25)/t14-/m1/s1. The summed E-state index contributed by atoms with van der Waals surface area (Å²) in [5.74, 6) is -0.334. The highest BCUT2D eigenvalue weighted by molar-refractivity contribution is 5.96. The van der Waals surface area contributed by atoms with E-state index in [0.717, 1.165) is 24.1 Å². The maximum Gasteiger partial charge on any atom is 0.273 e. The van der Waals surface area contributed by atoms with Gasteiger partial charge in [-0.05, 0) is 38.0 Å². The van der Waals surface area contributed by atoms with Gasteiger partial charge in [-0.3, -0.25) is 9.59 Å². The molecule has 0 spiro atoms. The number of carbonyl (C=O) groups is 2. The molecule has 0 saturated carbocycles. The lowest BCUT2D eigenvalue weighted by molar-refractivity contribution is -0.127. The minimum atomic E-state index is -0.721. The molecule has 1 aromatic carbocycles. The quantitative estimate of drug-likeness (QED) is 0.649. The van der Waals surface area contributed by atoms with Crippen molar-refractivity contribution in [3.63, 3.8) is 0 Å². The van der Waals surface area contributed by atoms with Gasteiger partial charge in [0.2, 0.25) is 11.9 Å². The maximum atomic E-state index is 11.8. The minimum absolute atomic E-state index is 0.0221. The average Bonchev–Trinajstić information content (AvgIpc) is 2.69. The van der Waals surface area contributed by atoms with Gasteiger partial charge in [-0.25, -0.2) is 0 Å². The van der Waals surface area contributed by atoms with E-state index in [2.05, 4.69) is 32.4 Å². The zero-order chi connectivity index (χ0) is 20.1. The Balaban J connectivity index is 1.78. The number of nitrogens with zero attached hydrogens (tertiary/aromatic N) is 4. The summed E-state index contributed by atoms with van der Waals surface area (Å²) in [5.41, 5.74) is 7.22. The van der Waals surface area contributed by atoms with Gasteiger partial charge < -0.3 is 21.3 Å². The number of amides is 2. The molecule has 2 amide bonds. The Morgan fingerprint density at radius 3 is 2.71 bits per heavy atom. The third kappa shape index (κ3) is 4.61. The molecule has 1 atom stereocenters. The van der Waals surface area contributed by atoms with Crippen molar-refractivity contribution in [3.8, 4) is 0 Å².